The molecule has 1 aromatic heterocycles. The molecule has 4 aromatic rings. The molecule has 64 heavy (non-hydrogen) atoms. The van der Waals surface area contributed by atoms with E-state index >= 15 is 0 Å². The first-order chi connectivity index (χ1) is 30.4. The largest absolute Gasteiger partial charge is 0.492 e. The topological polar surface area (TPSA) is 274 Å². The van der Waals surface area contributed by atoms with Crippen molar-refractivity contribution in [3.05, 3.63) is 99.9 Å². The molecular formula is C47H59N11O6. The van der Waals surface area contributed by atoms with Gasteiger partial charge < -0.3 is 48.1 Å². The van der Waals surface area contributed by atoms with Crippen molar-refractivity contribution in [3.8, 4) is 34.3 Å². The number of likely N-dealkylation sites (N-methyl/N-ethyl adjacent to an activating group) is 1. The Kier molecular flexibility index (Phi) is 15.9. The molecule has 5 rings (SSSR count). The van der Waals surface area contributed by atoms with E-state index in [2.05, 4.69) is 52.0 Å². The maximum absolute atomic E-state index is 14.7. The summed E-state index contributed by atoms with van der Waals surface area (Å²) in [7, 11) is 1.43. The van der Waals surface area contributed by atoms with E-state index in [-0.39, 0.29) is 56.6 Å². The van der Waals surface area contributed by atoms with Gasteiger partial charge in [-0.15, -0.1) is 0 Å². The number of nitrogens with one attached hydrogen (secondary N) is 4. The summed E-state index contributed by atoms with van der Waals surface area (Å²) in [5, 5.41) is 19.9. The summed E-state index contributed by atoms with van der Waals surface area (Å²) >= 11 is 0. The summed E-state index contributed by atoms with van der Waals surface area (Å²) in [6, 6.07) is 15.4. The van der Waals surface area contributed by atoms with Gasteiger partial charge in [0, 0.05) is 37.7 Å². The Labute approximate surface area is 373 Å². The van der Waals surface area contributed by atoms with Crippen molar-refractivity contribution in [1.29, 1.82) is 5.26 Å². The van der Waals surface area contributed by atoms with E-state index in [9.17, 15) is 24.0 Å². The Morgan fingerprint density at radius 1 is 0.938 bits per heavy atom. The number of aryl methyl sites for hydroxylation is 2. The number of hydrogen-bond acceptors (Lipinski definition) is 12. The van der Waals surface area contributed by atoms with Gasteiger partial charge in [-0.3, -0.25) is 24.0 Å². The quantitative estimate of drug-likeness (QED) is 0.0955. The third-order valence-electron chi connectivity index (χ3n) is 11.1. The average molecular weight is 874 g/mol. The molecule has 0 radical (unpaired) electrons. The van der Waals surface area contributed by atoms with Crippen LogP contribution in [0.2, 0.25) is 0 Å². The number of rotatable bonds is 13. The van der Waals surface area contributed by atoms with Crippen molar-refractivity contribution in [2.75, 3.05) is 33.3 Å². The number of carbonyl (C=O) groups excluding carboxylic acids is 5. The number of aromatic nitrogens is 2. The fourth-order valence-corrected chi connectivity index (χ4v) is 7.62. The number of ether oxygens (including phenoxy) is 1. The zero-order valence-corrected chi connectivity index (χ0v) is 37.5. The van der Waals surface area contributed by atoms with Crippen LogP contribution in [0.15, 0.2) is 60.7 Å². The van der Waals surface area contributed by atoms with Crippen LogP contribution in [0.4, 0.5) is 0 Å². The molecule has 0 spiro atoms. The average Bonchev–Trinajstić information content (AvgIpc) is 3.26. The van der Waals surface area contributed by atoms with Crippen LogP contribution < -0.4 is 43.2 Å². The van der Waals surface area contributed by atoms with Crippen LogP contribution in [0.3, 0.4) is 0 Å². The second-order valence-corrected chi connectivity index (χ2v) is 16.8. The summed E-state index contributed by atoms with van der Waals surface area (Å²) < 4.78 is 6.06. The Balaban J connectivity index is 1.55. The number of fused-ring (bicyclic) bond motifs is 5. The highest BCUT2D eigenvalue weighted by Gasteiger charge is 2.36. The third-order valence-corrected chi connectivity index (χ3v) is 11.1. The van der Waals surface area contributed by atoms with Gasteiger partial charge in [0.15, 0.2) is 5.82 Å². The molecule has 2 heterocycles. The Morgan fingerprint density at radius 2 is 1.62 bits per heavy atom. The highest BCUT2D eigenvalue weighted by molar-refractivity contribution is 6.00. The number of nitriles is 1. The number of benzene rings is 3. The first-order valence-corrected chi connectivity index (χ1v) is 21.2. The molecule has 0 saturated carbocycles. The van der Waals surface area contributed by atoms with Crippen LogP contribution in [0.5, 0.6) is 5.75 Å². The van der Waals surface area contributed by atoms with E-state index in [0.29, 0.717) is 50.8 Å². The zero-order chi connectivity index (χ0) is 46.9. The van der Waals surface area contributed by atoms with Crippen LogP contribution in [0, 0.1) is 25.2 Å². The molecule has 1 aliphatic rings. The second-order valence-electron chi connectivity index (χ2n) is 16.8. The maximum atomic E-state index is 14.7. The third kappa shape index (κ3) is 11.2. The second kappa shape index (κ2) is 21.1. The van der Waals surface area contributed by atoms with Crippen LogP contribution in [0.1, 0.15) is 84.2 Å². The monoisotopic (exact) mass is 873 g/mol. The predicted molar refractivity (Wildman–Crippen MR) is 242 cm³/mol. The lowest BCUT2D eigenvalue weighted by molar-refractivity contribution is -0.141. The molecule has 17 nitrogen and oxygen atoms in total. The van der Waals surface area contributed by atoms with Crippen LogP contribution in [-0.2, 0) is 37.6 Å². The lowest BCUT2D eigenvalue weighted by Gasteiger charge is -2.32. The van der Waals surface area contributed by atoms with E-state index in [1.54, 1.807) is 50.2 Å². The lowest BCUT2D eigenvalue weighted by atomic mass is 9.86. The standard InChI is InChI=1S/C47H59N11O6/c1-26-39(27(2)54-41(53-26)30-11-13-33(14-12-30)47(4,5)6)44(61)56-36(16-17-48)46(63)58(7)40-31-9-10-32(25-51)34(24-31)35-22-29(8-15-38(35)64-21-19-50)23-37(43(60)52-20-18-49)57-42(59)28(3)55-45(40)62/h8-15,22,24,28,36-37,40H,16-17,19-21,23,25,48,50-51H2,1-7H3,(H,52,60)(H,55,62)(H,56,61)(H,57,59). The molecule has 0 aliphatic carbocycles. The van der Waals surface area contributed by atoms with Gasteiger partial charge in [-0.05, 0) is 85.2 Å². The predicted octanol–water partition coefficient (Wildman–Crippen LogP) is 2.35. The van der Waals surface area contributed by atoms with Gasteiger partial charge in [-0.2, -0.15) is 5.26 Å². The first kappa shape index (κ1) is 48.3. The van der Waals surface area contributed by atoms with Gasteiger partial charge in [0.2, 0.25) is 23.6 Å². The summed E-state index contributed by atoms with van der Waals surface area (Å²) in [6.45, 7) is 11.4. The minimum Gasteiger partial charge on any atom is -0.492 e. The smallest absolute Gasteiger partial charge is 0.255 e. The minimum absolute atomic E-state index is 0.0108. The van der Waals surface area contributed by atoms with Gasteiger partial charge in [-0.1, -0.05) is 63.2 Å². The van der Waals surface area contributed by atoms with Crippen LogP contribution in [-0.4, -0.2) is 95.8 Å². The Hall–Kier alpha value is -6.74. The summed E-state index contributed by atoms with van der Waals surface area (Å²) in [6.07, 6.45) is 0.0425. The van der Waals surface area contributed by atoms with Crippen LogP contribution >= 0.6 is 0 Å². The number of amides is 5. The van der Waals surface area contributed by atoms with Crippen molar-refractivity contribution in [1.82, 2.24) is 36.1 Å². The lowest BCUT2D eigenvalue weighted by Crippen LogP contribution is -2.56. The first-order valence-electron chi connectivity index (χ1n) is 21.2. The summed E-state index contributed by atoms with van der Waals surface area (Å²) in [5.41, 5.74) is 23.8. The molecule has 338 valence electrons. The molecule has 5 amide bonds. The van der Waals surface area contributed by atoms with Crippen molar-refractivity contribution in [2.24, 2.45) is 17.2 Å². The highest BCUT2D eigenvalue weighted by atomic mass is 16.5. The van der Waals surface area contributed by atoms with E-state index in [0.717, 1.165) is 11.1 Å². The molecule has 0 saturated heterocycles. The van der Waals surface area contributed by atoms with E-state index in [1.165, 1.54) is 18.9 Å². The van der Waals surface area contributed by atoms with Crippen molar-refractivity contribution in [2.45, 2.75) is 90.5 Å². The van der Waals surface area contributed by atoms with Gasteiger partial charge in [0.1, 0.15) is 43.1 Å². The summed E-state index contributed by atoms with van der Waals surface area (Å²) in [5.74, 6) is -2.38. The van der Waals surface area contributed by atoms with E-state index < -0.39 is 53.7 Å². The molecule has 4 atom stereocenters. The Bertz CT molecular complexity index is 2400. The number of hydrogen-bond donors (Lipinski definition) is 7. The van der Waals surface area contributed by atoms with Crippen molar-refractivity contribution in [3.63, 3.8) is 0 Å². The fourth-order valence-electron chi connectivity index (χ4n) is 7.62. The Morgan fingerprint density at radius 3 is 2.23 bits per heavy atom. The summed E-state index contributed by atoms with van der Waals surface area (Å²) in [4.78, 5) is 80.7. The molecule has 4 bridgehead atoms. The van der Waals surface area contributed by atoms with Crippen molar-refractivity contribution < 1.29 is 28.7 Å². The maximum Gasteiger partial charge on any atom is 0.255 e. The number of nitrogens with two attached hydrogens (primary N) is 3. The molecule has 10 N–H and O–H groups in total. The van der Waals surface area contributed by atoms with Crippen molar-refractivity contribution >= 4 is 29.5 Å². The number of carbonyl (C=O) groups is 5. The highest BCUT2D eigenvalue weighted by Crippen LogP contribution is 2.37. The van der Waals surface area contributed by atoms with Gasteiger partial charge in [0.25, 0.3) is 5.91 Å². The normalized spacial score (nSPS) is 16.9. The van der Waals surface area contributed by atoms with Gasteiger partial charge in [0.05, 0.1) is 23.0 Å². The molecule has 17 heteroatoms. The molecule has 0 fully saturated rings. The van der Waals surface area contributed by atoms with E-state index in [1.807, 2.05) is 30.3 Å². The molecule has 4 unspecified atom stereocenters. The minimum atomic E-state index is -1.37. The van der Waals surface area contributed by atoms with Crippen LogP contribution in [0.25, 0.3) is 22.5 Å². The zero-order valence-electron chi connectivity index (χ0n) is 37.5. The van der Waals surface area contributed by atoms with Gasteiger partial charge >= 0.3 is 0 Å². The number of nitrogens with zero attached hydrogens (tertiary/aromatic N) is 4. The van der Waals surface area contributed by atoms with Gasteiger partial charge in [-0.25, -0.2) is 9.97 Å². The van der Waals surface area contributed by atoms with E-state index in [4.69, 9.17) is 27.2 Å². The molecule has 3 aromatic carbocycles. The SMILES string of the molecule is Cc1nc(-c2ccc(C(C)(C)C)cc2)nc(C)c1C(=O)NC(CCN)C(=O)N(C)C1C(=O)NC(C)C(=O)NC(C(=O)NCC#N)Cc2ccc(OCCN)c(c2)-c2cc1ccc2CN. The molecular weight excluding hydrogens is 815 g/mol. The molecule has 1 aliphatic heterocycles. The fraction of sp³-hybridized carbons (Fsp3) is 0.404.